The molecule has 0 fully saturated rings. The summed E-state index contributed by atoms with van der Waals surface area (Å²) in [5.74, 6) is -1.61. The summed E-state index contributed by atoms with van der Waals surface area (Å²) in [5, 5.41) is 10.9. The van der Waals surface area contributed by atoms with E-state index in [1.807, 2.05) is 0 Å². The zero-order valence-electron chi connectivity index (χ0n) is 26.5. The van der Waals surface area contributed by atoms with Crippen LogP contribution >= 0.6 is 7.82 Å². The number of alkyl carbamates (subject to hydrolysis) is 1. The van der Waals surface area contributed by atoms with Crippen molar-refractivity contribution in [2.75, 3.05) is 33.5 Å². The molecule has 0 radical (unpaired) electrons. The third-order valence-electron chi connectivity index (χ3n) is 5.53. The number of carboxylic acids is 1. The average Bonchev–Trinajstić information content (AvgIpc) is 2.84. The molecule has 248 valence electrons. The molecule has 0 aliphatic carbocycles. The summed E-state index contributed by atoms with van der Waals surface area (Å²) >= 11 is 0. The van der Waals surface area contributed by atoms with E-state index in [2.05, 4.69) is 5.32 Å². The Labute approximate surface area is 250 Å². The van der Waals surface area contributed by atoms with Crippen LogP contribution in [-0.2, 0) is 42.1 Å². The first kappa shape index (κ1) is 40.2. The molecule has 3 N–H and O–H groups in total. The molecule has 0 spiro atoms. The van der Waals surface area contributed by atoms with Gasteiger partial charge in [0, 0.05) is 20.1 Å². The predicted molar refractivity (Wildman–Crippen MR) is 156 cm³/mol. The first-order chi connectivity index (χ1) is 19.4. The number of esters is 1. The molecule has 42 heavy (non-hydrogen) atoms. The Bertz CT molecular complexity index is 825. The highest BCUT2D eigenvalue weighted by atomic mass is 31.2. The molecule has 14 heteroatoms. The number of hydrogen-bond donors (Lipinski definition) is 3. The fourth-order valence-corrected chi connectivity index (χ4v) is 4.26. The van der Waals surface area contributed by atoms with Crippen LogP contribution in [0.25, 0.3) is 0 Å². The van der Waals surface area contributed by atoms with Crippen LogP contribution in [0.4, 0.5) is 4.79 Å². The van der Waals surface area contributed by atoms with Crippen LogP contribution in [-0.4, -0.2) is 84.9 Å². The number of phosphoric acid groups is 1. The van der Waals surface area contributed by atoms with E-state index in [1.165, 1.54) is 7.11 Å². The highest BCUT2D eigenvalue weighted by Gasteiger charge is 2.32. The number of amides is 1. The van der Waals surface area contributed by atoms with E-state index in [0.29, 0.717) is 6.61 Å². The number of aliphatic carboxylic acids is 1. The Hall–Kier alpha value is -1.76. The van der Waals surface area contributed by atoms with Gasteiger partial charge in [0.25, 0.3) is 0 Å². The van der Waals surface area contributed by atoms with Gasteiger partial charge in [-0.25, -0.2) is 14.2 Å². The lowest BCUT2D eigenvalue weighted by molar-refractivity contribution is -0.158. The monoisotopic (exact) mass is 627 g/mol. The standard InChI is InChI=1S/C28H54NO12P/c1-27(2,3)40-25(32)23(29-26(33)41-28(4,5)6)21-39-42(34,35)38-20-22(36-7)19-37-18-16-14-12-10-8-9-11-13-15-17-24(30)31/h22-23H,8-21H2,1-7H3,(H,29,33)(H,30,31)(H,34,35)/t22-,23?/m1/s1. The van der Waals surface area contributed by atoms with E-state index in [1.54, 1.807) is 41.5 Å². The van der Waals surface area contributed by atoms with Crippen molar-refractivity contribution in [2.24, 2.45) is 0 Å². The molecule has 0 aromatic carbocycles. The third-order valence-corrected chi connectivity index (χ3v) is 6.48. The molecule has 3 atom stereocenters. The molecular formula is C28H54NO12P. The molecule has 0 saturated carbocycles. The highest BCUT2D eigenvalue weighted by molar-refractivity contribution is 7.47. The van der Waals surface area contributed by atoms with E-state index in [9.17, 15) is 23.8 Å². The van der Waals surface area contributed by atoms with Gasteiger partial charge >= 0.3 is 25.9 Å². The second-order valence-electron chi connectivity index (χ2n) is 12.1. The van der Waals surface area contributed by atoms with Gasteiger partial charge in [0.15, 0.2) is 6.04 Å². The molecule has 0 rings (SSSR count). The van der Waals surface area contributed by atoms with Crippen LogP contribution in [0.1, 0.15) is 106 Å². The van der Waals surface area contributed by atoms with Gasteiger partial charge in [0.1, 0.15) is 17.3 Å². The lowest BCUT2D eigenvalue weighted by Gasteiger charge is -2.26. The number of nitrogens with one attached hydrogen (secondary N) is 1. The summed E-state index contributed by atoms with van der Waals surface area (Å²) in [5.41, 5.74) is -1.70. The third kappa shape index (κ3) is 24.8. The van der Waals surface area contributed by atoms with Crippen molar-refractivity contribution in [3.05, 3.63) is 0 Å². The maximum atomic E-state index is 12.6. The number of carbonyl (C=O) groups is 3. The van der Waals surface area contributed by atoms with Gasteiger partial charge in [-0.3, -0.25) is 13.8 Å². The lowest BCUT2D eigenvalue weighted by Crippen LogP contribution is -2.48. The number of carboxylic acid groups (broad SMARTS) is 1. The quantitative estimate of drug-likeness (QED) is 0.0751. The number of carbonyl (C=O) groups excluding carboxylic acids is 2. The Morgan fingerprint density at radius 2 is 1.26 bits per heavy atom. The van der Waals surface area contributed by atoms with Crippen LogP contribution in [0.15, 0.2) is 0 Å². The lowest BCUT2D eigenvalue weighted by atomic mass is 10.1. The van der Waals surface area contributed by atoms with Crippen molar-refractivity contribution in [1.29, 1.82) is 0 Å². The number of methoxy groups -OCH3 is 1. The smallest absolute Gasteiger partial charge is 0.472 e. The van der Waals surface area contributed by atoms with Gasteiger partial charge in [-0.2, -0.15) is 0 Å². The number of unbranched alkanes of at least 4 members (excludes halogenated alkanes) is 8. The van der Waals surface area contributed by atoms with Crippen LogP contribution in [0, 0.1) is 0 Å². The summed E-state index contributed by atoms with van der Waals surface area (Å²) in [6, 6.07) is -1.42. The highest BCUT2D eigenvalue weighted by Crippen LogP contribution is 2.43. The maximum absolute atomic E-state index is 12.6. The zero-order chi connectivity index (χ0) is 32.2. The largest absolute Gasteiger partial charge is 0.481 e. The zero-order valence-corrected chi connectivity index (χ0v) is 27.4. The summed E-state index contributed by atoms with van der Waals surface area (Å²) in [6.07, 6.45) is 7.82. The fraction of sp³-hybridized carbons (Fsp3) is 0.893. The van der Waals surface area contributed by atoms with Gasteiger partial charge in [-0.15, -0.1) is 0 Å². The van der Waals surface area contributed by atoms with E-state index in [0.717, 1.165) is 57.8 Å². The number of ether oxygens (including phenoxy) is 4. The normalized spacial score (nSPS) is 15.0. The van der Waals surface area contributed by atoms with E-state index in [4.69, 9.17) is 33.1 Å². The van der Waals surface area contributed by atoms with Crippen molar-refractivity contribution >= 4 is 25.9 Å². The summed E-state index contributed by atoms with van der Waals surface area (Å²) in [7, 11) is -3.20. The summed E-state index contributed by atoms with van der Waals surface area (Å²) in [4.78, 5) is 45.4. The molecule has 0 saturated heterocycles. The molecule has 13 nitrogen and oxygen atoms in total. The van der Waals surface area contributed by atoms with E-state index in [-0.39, 0.29) is 19.6 Å². The summed E-state index contributed by atoms with van der Waals surface area (Å²) < 4.78 is 43.8. The predicted octanol–water partition coefficient (Wildman–Crippen LogP) is 5.37. The van der Waals surface area contributed by atoms with Gasteiger partial charge < -0.3 is 34.3 Å². The van der Waals surface area contributed by atoms with Crippen molar-refractivity contribution in [3.8, 4) is 0 Å². The van der Waals surface area contributed by atoms with Crippen LogP contribution in [0.2, 0.25) is 0 Å². The molecule has 0 heterocycles. The Balaban J connectivity index is 4.38. The number of hydrogen-bond acceptors (Lipinski definition) is 10. The van der Waals surface area contributed by atoms with Crippen LogP contribution in [0.5, 0.6) is 0 Å². The molecule has 2 unspecified atom stereocenters. The molecular weight excluding hydrogens is 573 g/mol. The molecule has 1 amide bonds. The maximum Gasteiger partial charge on any atom is 0.472 e. The van der Waals surface area contributed by atoms with Gasteiger partial charge in [-0.05, 0) is 54.4 Å². The van der Waals surface area contributed by atoms with Gasteiger partial charge in [-0.1, -0.05) is 44.9 Å². The second-order valence-corrected chi connectivity index (χ2v) is 13.5. The topological polar surface area (TPSA) is 176 Å². The second kappa shape index (κ2) is 21.0. The Kier molecular flexibility index (Phi) is 20.1. The Morgan fingerprint density at radius 3 is 1.76 bits per heavy atom. The molecule has 0 aromatic heterocycles. The molecule has 0 aromatic rings. The number of phosphoric ester groups is 1. The SMILES string of the molecule is CO[C@H](COCCCCCCCCCCCC(=O)O)COP(=O)(O)OCC(NC(=O)OC(C)(C)C)C(=O)OC(C)(C)C. The minimum absolute atomic E-state index is 0.146. The Morgan fingerprint density at radius 1 is 0.762 bits per heavy atom. The fourth-order valence-electron chi connectivity index (χ4n) is 3.49. The molecule has 0 aliphatic heterocycles. The first-order valence-electron chi connectivity index (χ1n) is 14.6. The minimum atomic E-state index is -4.62. The van der Waals surface area contributed by atoms with Gasteiger partial charge in [0.05, 0.1) is 19.8 Å². The van der Waals surface area contributed by atoms with Crippen LogP contribution < -0.4 is 5.32 Å². The number of rotatable bonds is 23. The molecule has 0 bridgehead atoms. The van der Waals surface area contributed by atoms with E-state index >= 15 is 0 Å². The first-order valence-corrected chi connectivity index (χ1v) is 16.1. The van der Waals surface area contributed by atoms with Crippen molar-refractivity contribution < 1.29 is 56.9 Å². The summed E-state index contributed by atoms with van der Waals surface area (Å²) in [6.45, 7) is 9.53. The van der Waals surface area contributed by atoms with Crippen LogP contribution in [0.3, 0.4) is 0 Å². The van der Waals surface area contributed by atoms with Gasteiger partial charge in [0.2, 0.25) is 0 Å². The van der Waals surface area contributed by atoms with E-state index < -0.39 is 55.8 Å². The van der Waals surface area contributed by atoms with Crippen molar-refractivity contribution in [3.63, 3.8) is 0 Å². The minimum Gasteiger partial charge on any atom is -0.481 e. The van der Waals surface area contributed by atoms with Crippen molar-refractivity contribution in [1.82, 2.24) is 5.32 Å². The van der Waals surface area contributed by atoms with Crippen molar-refractivity contribution in [2.45, 2.75) is 129 Å². The molecule has 0 aliphatic rings. The average molecular weight is 628 g/mol.